The van der Waals surface area contributed by atoms with Crippen molar-refractivity contribution in [1.29, 1.82) is 0 Å². The van der Waals surface area contributed by atoms with Crippen LogP contribution >= 0.6 is 0 Å². The molecule has 6 nitrogen and oxygen atoms in total. The first-order valence-corrected chi connectivity index (χ1v) is 10.2. The molecule has 6 heteroatoms. The highest BCUT2D eigenvalue weighted by molar-refractivity contribution is 5.47. The summed E-state index contributed by atoms with van der Waals surface area (Å²) in [6, 6.07) is 25.0. The molecule has 0 fully saturated rings. The van der Waals surface area contributed by atoms with E-state index in [0.29, 0.717) is 17.9 Å². The number of aromatic nitrogens is 2. The van der Waals surface area contributed by atoms with Gasteiger partial charge >= 0.3 is 5.69 Å². The van der Waals surface area contributed by atoms with Crippen LogP contribution in [0, 0.1) is 0 Å². The monoisotopic (exact) mass is 411 g/mol. The van der Waals surface area contributed by atoms with Crippen molar-refractivity contribution in [3.05, 3.63) is 122 Å². The van der Waals surface area contributed by atoms with Gasteiger partial charge < -0.3 is 10.4 Å². The molecular formula is C25H21N3O3. The van der Waals surface area contributed by atoms with Crippen molar-refractivity contribution in [2.24, 2.45) is 0 Å². The quantitative estimate of drug-likeness (QED) is 0.544. The van der Waals surface area contributed by atoms with Crippen LogP contribution in [0.4, 0.5) is 0 Å². The second kappa shape index (κ2) is 7.74. The lowest BCUT2D eigenvalue weighted by atomic mass is 9.90. The van der Waals surface area contributed by atoms with Crippen LogP contribution in [0.5, 0.6) is 5.88 Å². The fourth-order valence-electron chi connectivity index (χ4n) is 4.24. The molecule has 0 saturated carbocycles. The fourth-order valence-corrected chi connectivity index (χ4v) is 4.24. The lowest BCUT2D eigenvalue weighted by Crippen LogP contribution is -2.43. The minimum absolute atomic E-state index is 0.152. The number of nitrogens with one attached hydrogen (secondary N) is 1. The van der Waals surface area contributed by atoms with Gasteiger partial charge in [-0.1, -0.05) is 60.7 Å². The number of hydrogen-bond acceptors (Lipinski definition) is 4. The van der Waals surface area contributed by atoms with Gasteiger partial charge in [-0.2, -0.15) is 0 Å². The third-order valence-electron chi connectivity index (χ3n) is 5.70. The third-order valence-corrected chi connectivity index (χ3v) is 5.70. The van der Waals surface area contributed by atoms with Crippen molar-refractivity contribution in [1.82, 2.24) is 14.5 Å². The molecule has 1 atom stereocenters. The average molecular weight is 411 g/mol. The highest BCUT2D eigenvalue weighted by atomic mass is 16.3. The first kappa shape index (κ1) is 19.1. The zero-order valence-electron chi connectivity index (χ0n) is 16.7. The number of fused-ring (bicyclic) bond motifs is 1. The fraction of sp³-hybridized carbons (Fsp3) is 0.120. The summed E-state index contributed by atoms with van der Waals surface area (Å²) in [5.41, 5.74) is 1.99. The number of benzene rings is 3. The minimum Gasteiger partial charge on any atom is -0.494 e. The van der Waals surface area contributed by atoms with Crippen molar-refractivity contribution in [3.8, 4) is 17.3 Å². The smallest absolute Gasteiger partial charge is 0.343 e. The molecule has 0 bridgehead atoms. The van der Waals surface area contributed by atoms with E-state index in [-0.39, 0.29) is 11.4 Å². The lowest BCUT2D eigenvalue weighted by Gasteiger charge is -2.28. The molecule has 0 amide bonds. The van der Waals surface area contributed by atoms with Crippen molar-refractivity contribution < 1.29 is 5.11 Å². The van der Waals surface area contributed by atoms with Gasteiger partial charge in [-0.15, -0.1) is 0 Å². The normalized spacial score (nSPS) is 15.4. The van der Waals surface area contributed by atoms with E-state index in [2.05, 4.69) is 5.32 Å². The zero-order valence-corrected chi connectivity index (χ0v) is 16.7. The molecular weight excluding hydrogens is 390 g/mol. The van der Waals surface area contributed by atoms with Crippen LogP contribution in [0.25, 0.3) is 11.4 Å². The van der Waals surface area contributed by atoms with Gasteiger partial charge in [-0.3, -0.25) is 4.79 Å². The van der Waals surface area contributed by atoms with Crippen LogP contribution in [0.15, 0.2) is 94.5 Å². The molecule has 0 saturated heterocycles. The standard InChI is InChI=1S/C25H21N3O3/c29-23-21(22-20-14-8-7-9-17(20)15-16-26-22)24(30)28(19-12-5-2-6-13-19)25(31)27(23)18-10-3-1-4-11-18/h1-14,22,26,29H,15-16H2. The summed E-state index contributed by atoms with van der Waals surface area (Å²) < 4.78 is 2.32. The van der Waals surface area contributed by atoms with Gasteiger partial charge in [0.05, 0.1) is 23.0 Å². The van der Waals surface area contributed by atoms with Gasteiger partial charge in [0.25, 0.3) is 5.56 Å². The number of para-hydroxylation sites is 2. The van der Waals surface area contributed by atoms with E-state index in [9.17, 15) is 14.7 Å². The minimum atomic E-state index is -0.618. The molecule has 1 unspecified atom stereocenters. The van der Waals surface area contributed by atoms with Crippen LogP contribution in [-0.4, -0.2) is 20.8 Å². The molecule has 1 aliphatic rings. The van der Waals surface area contributed by atoms with Crippen molar-refractivity contribution in [3.63, 3.8) is 0 Å². The van der Waals surface area contributed by atoms with E-state index in [0.717, 1.165) is 22.1 Å². The van der Waals surface area contributed by atoms with E-state index in [1.54, 1.807) is 48.5 Å². The third kappa shape index (κ3) is 3.17. The van der Waals surface area contributed by atoms with Crippen molar-refractivity contribution in [2.75, 3.05) is 6.54 Å². The van der Waals surface area contributed by atoms with Crippen molar-refractivity contribution in [2.45, 2.75) is 12.5 Å². The van der Waals surface area contributed by atoms with Crippen LogP contribution in [0.2, 0.25) is 0 Å². The average Bonchev–Trinajstić information content (AvgIpc) is 2.81. The van der Waals surface area contributed by atoms with Gasteiger partial charge in [-0.05, 0) is 41.8 Å². The topological polar surface area (TPSA) is 76.3 Å². The summed E-state index contributed by atoms with van der Waals surface area (Å²) in [4.78, 5) is 27.1. The first-order valence-electron chi connectivity index (χ1n) is 10.2. The maximum atomic E-state index is 13.7. The maximum absolute atomic E-state index is 13.7. The van der Waals surface area contributed by atoms with E-state index in [4.69, 9.17) is 0 Å². The number of aromatic hydroxyl groups is 1. The Morgan fingerprint density at radius 3 is 2.03 bits per heavy atom. The second-order valence-electron chi connectivity index (χ2n) is 7.50. The summed E-state index contributed by atoms with van der Waals surface area (Å²) in [6.07, 6.45) is 0.832. The molecule has 31 heavy (non-hydrogen) atoms. The summed E-state index contributed by atoms with van der Waals surface area (Å²) >= 11 is 0. The van der Waals surface area contributed by atoms with Gasteiger partial charge in [0.1, 0.15) is 0 Å². The summed E-state index contributed by atoms with van der Waals surface area (Å²) in [5.74, 6) is -0.345. The Morgan fingerprint density at radius 1 is 0.774 bits per heavy atom. The molecule has 2 N–H and O–H groups in total. The number of hydrogen-bond donors (Lipinski definition) is 2. The predicted octanol–water partition coefficient (Wildman–Crippen LogP) is 2.93. The summed E-state index contributed by atoms with van der Waals surface area (Å²) in [6.45, 7) is 0.663. The summed E-state index contributed by atoms with van der Waals surface area (Å²) in [7, 11) is 0. The second-order valence-corrected chi connectivity index (χ2v) is 7.50. The Bertz CT molecular complexity index is 1360. The highest BCUT2D eigenvalue weighted by Gasteiger charge is 2.30. The number of rotatable bonds is 3. The molecule has 1 aromatic heterocycles. The maximum Gasteiger partial charge on any atom is 0.343 e. The Balaban J connectivity index is 1.86. The molecule has 0 radical (unpaired) electrons. The van der Waals surface area contributed by atoms with Gasteiger partial charge in [0, 0.05) is 6.54 Å². The molecule has 154 valence electrons. The van der Waals surface area contributed by atoms with E-state index >= 15 is 0 Å². The molecule has 4 aromatic rings. The largest absolute Gasteiger partial charge is 0.494 e. The molecule has 3 aromatic carbocycles. The Kier molecular flexibility index (Phi) is 4.76. The van der Waals surface area contributed by atoms with E-state index in [1.165, 1.54) is 4.57 Å². The number of nitrogens with zero attached hydrogens (tertiary/aromatic N) is 2. The Labute approximate surface area is 178 Å². The highest BCUT2D eigenvalue weighted by Crippen LogP contribution is 2.32. The van der Waals surface area contributed by atoms with Crippen LogP contribution in [0.3, 0.4) is 0 Å². The molecule has 5 rings (SSSR count). The molecule has 0 aliphatic carbocycles. The lowest BCUT2D eigenvalue weighted by molar-refractivity contribution is 0.407. The predicted molar refractivity (Wildman–Crippen MR) is 119 cm³/mol. The SMILES string of the molecule is O=c1c(C2NCCc3ccccc32)c(O)n(-c2ccccc2)c(=O)n1-c1ccccc1. The van der Waals surface area contributed by atoms with Gasteiger partial charge in [0.15, 0.2) is 0 Å². The summed E-state index contributed by atoms with van der Waals surface area (Å²) in [5, 5.41) is 14.6. The van der Waals surface area contributed by atoms with Crippen LogP contribution < -0.4 is 16.6 Å². The van der Waals surface area contributed by atoms with Crippen molar-refractivity contribution >= 4 is 0 Å². The Morgan fingerprint density at radius 2 is 1.35 bits per heavy atom. The van der Waals surface area contributed by atoms with Crippen LogP contribution in [0.1, 0.15) is 22.7 Å². The molecule has 1 aliphatic heterocycles. The molecule has 0 spiro atoms. The first-order chi connectivity index (χ1) is 15.2. The van der Waals surface area contributed by atoms with E-state index in [1.807, 2.05) is 36.4 Å². The van der Waals surface area contributed by atoms with Gasteiger partial charge in [-0.25, -0.2) is 13.9 Å². The Hall–Kier alpha value is -3.90. The molecule has 2 heterocycles. The van der Waals surface area contributed by atoms with Crippen LogP contribution in [-0.2, 0) is 6.42 Å². The zero-order chi connectivity index (χ0) is 21.4. The van der Waals surface area contributed by atoms with Gasteiger partial charge in [0.2, 0.25) is 5.88 Å². The van der Waals surface area contributed by atoms with E-state index < -0.39 is 17.3 Å².